The topological polar surface area (TPSA) is 23.6 Å². The standard InChI is InChI=1S/C37H52N2O/c1-6-34(27(3)24-28-14-9-8-10-15-28)39-23-20-30(37(26-39)21-11-12-22-37)25-29-18-19-31-32(35(7-2)38(4)5)16-13-17-33(31)36(29)40/h13,16-17,27-30H,1-2,8-12,14-15,18-26H2,3-5H3. The van der Waals surface area contributed by atoms with Crippen molar-refractivity contribution in [1.82, 2.24) is 9.80 Å². The van der Waals surface area contributed by atoms with E-state index in [1.54, 1.807) is 0 Å². The van der Waals surface area contributed by atoms with Crippen LogP contribution in [0.1, 0.15) is 112 Å². The molecular formula is C37H52N2O. The van der Waals surface area contributed by atoms with Gasteiger partial charge < -0.3 is 9.80 Å². The zero-order valence-corrected chi connectivity index (χ0v) is 25.6. The third kappa shape index (κ3) is 5.79. The van der Waals surface area contributed by atoms with Gasteiger partial charge in [-0.3, -0.25) is 4.79 Å². The number of likely N-dealkylation sites (tertiary alicyclic amines) is 1. The van der Waals surface area contributed by atoms with Gasteiger partial charge >= 0.3 is 0 Å². The summed E-state index contributed by atoms with van der Waals surface area (Å²) < 4.78 is 0. The second-order valence-electron chi connectivity index (χ2n) is 13.8. The fraction of sp³-hybridized carbons (Fsp3) is 0.649. The Kier molecular flexibility index (Phi) is 9.14. The van der Waals surface area contributed by atoms with Crippen molar-refractivity contribution >= 4 is 11.5 Å². The minimum Gasteiger partial charge on any atom is -0.371 e. The monoisotopic (exact) mass is 540 g/mol. The van der Waals surface area contributed by atoms with Crippen molar-refractivity contribution in [3.05, 3.63) is 65.2 Å². The number of Topliss-reactive ketones (excluding diaryl/α,β-unsaturated/α-hetero) is 1. The lowest BCUT2D eigenvalue weighted by Gasteiger charge is -2.49. The van der Waals surface area contributed by atoms with Gasteiger partial charge in [0.25, 0.3) is 0 Å². The summed E-state index contributed by atoms with van der Waals surface area (Å²) in [7, 11) is 4.05. The highest BCUT2D eigenvalue weighted by molar-refractivity contribution is 6.01. The van der Waals surface area contributed by atoms with Gasteiger partial charge in [0.2, 0.25) is 0 Å². The van der Waals surface area contributed by atoms with Crippen molar-refractivity contribution in [1.29, 1.82) is 0 Å². The molecule has 0 bridgehead atoms. The second-order valence-corrected chi connectivity index (χ2v) is 13.8. The van der Waals surface area contributed by atoms with Crippen molar-refractivity contribution < 1.29 is 4.79 Å². The molecule has 40 heavy (non-hydrogen) atoms. The van der Waals surface area contributed by atoms with Gasteiger partial charge in [0.05, 0.1) is 11.4 Å². The SMILES string of the molecule is C=C=C(c1cccc2c1CCC(CC1CCN(C(=C=C)C(C)CC3CCCCC3)CC13CCCC3)C2=O)N(C)C. The fourth-order valence-corrected chi connectivity index (χ4v) is 9.10. The van der Waals surface area contributed by atoms with Crippen molar-refractivity contribution in [3.63, 3.8) is 0 Å². The number of piperidine rings is 1. The Bertz CT molecular complexity index is 1170. The highest BCUT2D eigenvalue weighted by atomic mass is 16.1. The van der Waals surface area contributed by atoms with Gasteiger partial charge in [0.15, 0.2) is 5.78 Å². The molecule has 0 aromatic heterocycles. The molecule has 1 heterocycles. The van der Waals surface area contributed by atoms with Crippen LogP contribution in [0.5, 0.6) is 0 Å². The molecule has 3 fully saturated rings. The molecule has 0 N–H and O–H groups in total. The molecule has 5 rings (SSSR count). The molecule has 4 aliphatic rings. The Morgan fingerprint density at radius 2 is 1.80 bits per heavy atom. The van der Waals surface area contributed by atoms with E-state index >= 15 is 0 Å². The molecule has 216 valence electrons. The Labute approximate surface area is 244 Å². The van der Waals surface area contributed by atoms with Crippen LogP contribution in [0.15, 0.2) is 48.5 Å². The number of carbonyl (C=O) groups excluding carboxylic acids is 1. The smallest absolute Gasteiger partial charge is 0.166 e. The molecule has 1 saturated heterocycles. The van der Waals surface area contributed by atoms with Gasteiger partial charge in [-0.15, -0.1) is 11.5 Å². The molecular weight excluding hydrogens is 488 g/mol. The van der Waals surface area contributed by atoms with Gasteiger partial charge in [-0.1, -0.05) is 83.2 Å². The normalized spacial score (nSPS) is 25.2. The van der Waals surface area contributed by atoms with Gasteiger partial charge in [0.1, 0.15) is 0 Å². The summed E-state index contributed by atoms with van der Waals surface area (Å²) in [5, 5.41) is 0. The van der Waals surface area contributed by atoms with Crippen molar-refractivity contribution in [2.75, 3.05) is 27.2 Å². The van der Waals surface area contributed by atoms with E-state index in [1.807, 2.05) is 20.2 Å². The van der Waals surface area contributed by atoms with E-state index in [0.29, 0.717) is 23.0 Å². The molecule has 1 aliphatic heterocycles. The van der Waals surface area contributed by atoms with Crippen molar-refractivity contribution in [2.45, 2.75) is 96.8 Å². The van der Waals surface area contributed by atoms with E-state index in [0.717, 1.165) is 55.1 Å². The Hall–Kier alpha value is -2.47. The molecule has 3 heteroatoms. The van der Waals surface area contributed by atoms with Gasteiger partial charge in [0, 0.05) is 50.1 Å². The van der Waals surface area contributed by atoms with Crippen LogP contribution in [0.3, 0.4) is 0 Å². The number of allylic oxidation sites excluding steroid dienone is 1. The number of benzene rings is 1. The lowest BCUT2D eigenvalue weighted by atomic mass is 9.64. The third-order valence-corrected chi connectivity index (χ3v) is 11.1. The maximum Gasteiger partial charge on any atom is 0.166 e. The Morgan fingerprint density at radius 1 is 1.05 bits per heavy atom. The Balaban J connectivity index is 1.30. The van der Waals surface area contributed by atoms with Crippen LogP contribution in [0, 0.1) is 29.1 Å². The number of fused-ring (bicyclic) bond motifs is 1. The lowest BCUT2D eigenvalue weighted by Crippen LogP contribution is -2.48. The van der Waals surface area contributed by atoms with Gasteiger partial charge in [-0.05, 0) is 67.8 Å². The maximum absolute atomic E-state index is 13.9. The molecule has 3 aliphatic carbocycles. The number of nitrogens with zero attached hydrogens (tertiary/aromatic N) is 2. The molecule has 3 unspecified atom stereocenters. The van der Waals surface area contributed by atoms with E-state index < -0.39 is 0 Å². The van der Waals surface area contributed by atoms with Crippen LogP contribution in [0.2, 0.25) is 0 Å². The van der Waals surface area contributed by atoms with Crippen LogP contribution in [0.25, 0.3) is 5.70 Å². The van der Waals surface area contributed by atoms with Gasteiger partial charge in [-0.25, -0.2) is 0 Å². The van der Waals surface area contributed by atoms with E-state index in [2.05, 4.69) is 53.5 Å². The first kappa shape index (κ1) is 29.0. The molecule has 1 aromatic carbocycles. The van der Waals surface area contributed by atoms with Gasteiger partial charge in [-0.2, -0.15) is 0 Å². The minimum absolute atomic E-state index is 0.145. The fourth-order valence-electron chi connectivity index (χ4n) is 9.10. The first-order valence-electron chi connectivity index (χ1n) is 16.3. The number of hydrogen-bond acceptors (Lipinski definition) is 3. The molecule has 3 nitrogen and oxygen atoms in total. The van der Waals surface area contributed by atoms with Crippen molar-refractivity contribution in [2.24, 2.45) is 29.1 Å². The molecule has 2 saturated carbocycles. The number of ketones is 1. The van der Waals surface area contributed by atoms with Crippen LogP contribution in [0.4, 0.5) is 0 Å². The predicted molar refractivity (Wildman–Crippen MR) is 167 cm³/mol. The van der Waals surface area contributed by atoms with Crippen molar-refractivity contribution in [3.8, 4) is 0 Å². The quantitative estimate of drug-likeness (QED) is 0.308. The average Bonchev–Trinajstić information content (AvgIpc) is 3.41. The number of carbonyl (C=O) groups is 1. The first-order chi connectivity index (χ1) is 19.4. The summed E-state index contributed by atoms with van der Waals surface area (Å²) in [6, 6.07) is 6.24. The minimum atomic E-state index is 0.145. The molecule has 0 amide bonds. The number of hydrogen-bond donors (Lipinski definition) is 0. The van der Waals surface area contributed by atoms with Crippen LogP contribution >= 0.6 is 0 Å². The maximum atomic E-state index is 13.9. The van der Waals surface area contributed by atoms with Crippen LogP contribution < -0.4 is 0 Å². The van der Waals surface area contributed by atoms with Crippen LogP contribution in [-0.2, 0) is 6.42 Å². The zero-order valence-electron chi connectivity index (χ0n) is 25.6. The number of rotatable bonds is 8. The molecule has 0 radical (unpaired) electrons. The third-order valence-electron chi connectivity index (χ3n) is 11.1. The highest BCUT2D eigenvalue weighted by Crippen LogP contribution is 2.52. The summed E-state index contributed by atoms with van der Waals surface area (Å²) >= 11 is 0. The highest BCUT2D eigenvalue weighted by Gasteiger charge is 2.47. The summed E-state index contributed by atoms with van der Waals surface area (Å²) in [6.07, 6.45) is 17.8. The summed E-state index contributed by atoms with van der Waals surface area (Å²) in [4.78, 5) is 18.7. The molecule has 1 aromatic rings. The van der Waals surface area contributed by atoms with E-state index in [9.17, 15) is 4.79 Å². The zero-order chi connectivity index (χ0) is 28.3. The average molecular weight is 541 g/mol. The summed E-state index contributed by atoms with van der Waals surface area (Å²) in [6.45, 7) is 12.8. The van der Waals surface area contributed by atoms with E-state index in [1.165, 1.54) is 81.9 Å². The first-order valence-corrected chi connectivity index (χ1v) is 16.3. The van der Waals surface area contributed by atoms with E-state index in [-0.39, 0.29) is 5.92 Å². The Morgan fingerprint density at radius 3 is 2.48 bits per heavy atom. The summed E-state index contributed by atoms with van der Waals surface area (Å²) in [5.74, 6) is 2.56. The van der Waals surface area contributed by atoms with E-state index in [4.69, 9.17) is 0 Å². The summed E-state index contributed by atoms with van der Waals surface area (Å²) in [5.41, 5.74) is 12.5. The molecule has 3 atom stereocenters. The molecule has 1 spiro atoms. The second kappa shape index (κ2) is 12.6. The lowest BCUT2D eigenvalue weighted by molar-refractivity contribution is 0.0272. The largest absolute Gasteiger partial charge is 0.371 e. The van der Waals surface area contributed by atoms with Crippen LogP contribution in [-0.4, -0.2) is 42.8 Å². The predicted octanol–water partition coefficient (Wildman–Crippen LogP) is 8.67.